The first-order valence-electron chi connectivity index (χ1n) is 22.8. The van der Waals surface area contributed by atoms with Crippen LogP contribution in [-0.4, -0.2) is 5.60 Å². The quantitative estimate of drug-likeness (QED) is 0.104. The predicted octanol–water partition coefficient (Wildman–Crippen LogP) is 15.2. The van der Waals surface area contributed by atoms with E-state index in [-0.39, 0.29) is 21.8 Å². The average Bonchev–Trinajstić information content (AvgIpc) is 3.67. The Morgan fingerprint density at radius 2 is 0.966 bits per heavy atom. The molecule has 0 radical (unpaired) electrons. The first-order chi connectivity index (χ1) is 28.4. The van der Waals surface area contributed by atoms with Crippen molar-refractivity contribution in [1.82, 2.24) is 0 Å². The summed E-state index contributed by atoms with van der Waals surface area (Å²) in [7, 11) is 0. The second-order valence-electron chi connectivity index (χ2n) is 19.7. The normalized spacial score (nSPS) is 25.4. The van der Waals surface area contributed by atoms with Crippen LogP contribution < -0.4 is 4.74 Å². The summed E-state index contributed by atoms with van der Waals surface area (Å²) in [5.74, 6) is 1.05. The zero-order valence-corrected chi connectivity index (χ0v) is 36.7. The van der Waals surface area contributed by atoms with E-state index < -0.39 is 11.2 Å². The van der Waals surface area contributed by atoms with E-state index in [2.05, 4.69) is 177 Å². The van der Waals surface area contributed by atoms with Gasteiger partial charge in [-0.25, -0.2) is 0 Å². The van der Waals surface area contributed by atoms with E-state index in [1.807, 2.05) is 0 Å². The average molecular weight is 779 g/mol. The van der Waals surface area contributed by atoms with Crippen LogP contribution in [0, 0.1) is 5.41 Å². The van der Waals surface area contributed by atoms with Gasteiger partial charge in [0.1, 0.15) is 11.4 Å². The Labute approximate surface area is 353 Å². The molecule has 2 heteroatoms. The lowest BCUT2D eigenvalue weighted by atomic mass is 9.47. The van der Waals surface area contributed by atoms with Crippen molar-refractivity contribution in [3.05, 3.63) is 166 Å². The molecule has 2 aliphatic heterocycles. The molecule has 5 aromatic carbocycles. The van der Waals surface area contributed by atoms with E-state index in [1.54, 1.807) is 5.57 Å². The highest BCUT2D eigenvalue weighted by Crippen LogP contribution is 2.64. The molecule has 0 amide bonds. The van der Waals surface area contributed by atoms with Gasteiger partial charge in [0.15, 0.2) is 5.60 Å². The predicted molar refractivity (Wildman–Crippen MR) is 245 cm³/mol. The number of fused-ring (bicyclic) bond motifs is 12. The number of hydrogen-bond donors (Lipinski definition) is 0. The van der Waals surface area contributed by atoms with Crippen molar-refractivity contribution < 1.29 is 9.47 Å². The molecule has 3 aliphatic carbocycles. The Balaban J connectivity index is 1.05. The maximum absolute atomic E-state index is 7.65. The van der Waals surface area contributed by atoms with Gasteiger partial charge in [-0.05, 0) is 121 Å². The summed E-state index contributed by atoms with van der Waals surface area (Å²) in [6, 6.07) is 40.8. The molecule has 0 bridgehead atoms. The number of ether oxygens (including phenoxy) is 2. The Morgan fingerprint density at radius 1 is 0.475 bits per heavy atom. The molecule has 302 valence electrons. The third kappa shape index (κ3) is 5.08. The van der Waals surface area contributed by atoms with Gasteiger partial charge in [-0.3, -0.25) is 0 Å². The highest BCUT2D eigenvalue weighted by molar-refractivity contribution is 5.87. The van der Waals surface area contributed by atoms with Gasteiger partial charge in [0.05, 0.1) is 5.60 Å². The highest BCUT2D eigenvalue weighted by Gasteiger charge is 2.58. The molecule has 10 rings (SSSR count). The van der Waals surface area contributed by atoms with Crippen LogP contribution in [0.3, 0.4) is 0 Å². The summed E-state index contributed by atoms with van der Waals surface area (Å²) in [6.07, 6.45) is 14.9. The molecule has 0 aromatic heterocycles. The molecule has 3 atom stereocenters. The van der Waals surface area contributed by atoms with Crippen LogP contribution in [-0.2, 0) is 26.8 Å². The maximum Gasteiger partial charge on any atom is 0.179 e. The van der Waals surface area contributed by atoms with Crippen LogP contribution in [0.5, 0.6) is 5.75 Å². The summed E-state index contributed by atoms with van der Waals surface area (Å²) >= 11 is 0. The van der Waals surface area contributed by atoms with E-state index in [1.165, 1.54) is 79.6 Å². The van der Waals surface area contributed by atoms with Crippen molar-refractivity contribution in [3.63, 3.8) is 0 Å². The highest BCUT2D eigenvalue weighted by atomic mass is 16.5. The van der Waals surface area contributed by atoms with E-state index in [9.17, 15) is 0 Å². The van der Waals surface area contributed by atoms with Crippen LogP contribution in [0.1, 0.15) is 152 Å². The lowest BCUT2D eigenvalue weighted by Crippen LogP contribution is -2.55. The molecule has 59 heavy (non-hydrogen) atoms. The fourth-order valence-electron chi connectivity index (χ4n) is 12.7. The van der Waals surface area contributed by atoms with Crippen molar-refractivity contribution in [2.75, 3.05) is 0 Å². The molecular formula is C57H62O2. The Kier molecular flexibility index (Phi) is 8.77. The molecule has 5 aliphatic rings. The van der Waals surface area contributed by atoms with Crippen molar-refractivity contribution in [1.29, 1.82) is 0 Å². The minimum atomic E-state index is -0.647. The summed E-state index contributed by atoms with van der Waals surface area (Å²) in [5, 5.41) is 0. The van der Waals surface area contributed by atoms with Crippen molar-refractivity contribution in [2.45, 2.75) is 141 Å². The molecule has 2 spiro atoms. The Bertz CT molecular complexity index is 2470. The molecule has 3 unspecified atom stereocenters. The zero-order valence-electron chi connectivity index (χ0n) is 36.7. The fraction of sp³-hybridized carbons (Fsp3) is 0.404. The largest absolute Gasteiger partial charge is 0.473 e. The third-order valence-electron chi connectivity index (χ3n) is 16.6. The first-order valence-corrected chi connectivity index (χ1v) is 22.8. The molecule has 0 N–H and O–H groups in total. The van der Waals surface area contributed by atoms with Crippen LogP contribution in [0.2, 0.25) is 0 Å². The van der Waals surface area contributed by atoms with Gasteiger partial charge in [-0.15, -0.1) is 0 Å². The molecule has 2 nitrogen and oxygen atoms in total. The van der Waals surface area contributed by atoms with Crippen molar-refractivity contribution in [3.8, 4) is 28.0 Å². The van der Waals surface area contributed by atoms with Crippen LogP contribution in [0.15, 0.2) is 127 Å². The van der Waals surface area contributed by atoms with Gasteiger partial charge >= 0.3 is 0 Å². The SMILES string of the molecule is CCCC1(C)C(CCCCC2=CC3(Oc4cc5c(cc42)C(C)(C)C5(C)CCC)c2ccccc2-c2ccccc23)=CC2(OC1(C)CC)c1ccccc1-c1ccccc12. The van der Waals surface area contributed by atoms with E-state index in [0.717, 1.165) is 50.7 Å². The van der Waals surface area contributed by atoms with Gasteiger partial charge in [0, 0.05) is 38.6 Å². The second-order valence-corrected chi connectivity index (χ2v) is 19.7. The van der Waals surface area contributed by atoms with Crippen molar-refractivity contribution >= 4 is 5.57 Å². The molecule has 5 aromatic rings. The second kappa shape index (κ2) is 13.4. The summed E-state index contributed by atoms with van der Waals surface area (Å²) in [5.41, 5.74) is 16.1. The van der Waals surface area contributed by atoms with Crippen LogP contribution in [0.4, 0.5) is 0 Å². The summed E-state index contributed by atoms with van der Waals surface area (Å²) < 4.78 is 15.1. The van der Waals surface area contributed by atoms with E-state index in [4.69, 9.17) is 9.47 Å². The molecular weight excluding hydrogens is 717 g/mol. The smallest absolute Gasteiger partial charge is 0.179 e. The minimum Gasteiger partial charge on any atom is -0.473 e. The van der Waals surface area contributed by atoms with Crippen molar-refractivity contribution in [2.24, 2.45) is 5.41 Å². The molecule has 0 fully saturated rings. The monoisotopic (exact) mass is 778 g/mol. The fourth-order valence-corrected chi connectivity index (χ4v) is 12.7. The Morgan fingerprint density at radius 3 is 1.49 bits per heavy atom. The Hall–Kier alpha value is -4.66. The lowest BCUT2D eigenvalue weighted by molar-refractivity contribution is -0.179. The summed E-state index contributed by atoms with van der Waals surface area (Å²) in [4.78, 5) is 0. The minimum absolute atomic E-state index is 0.0703. The van der Waals surface area contributed by atoms with Gasteiger partial charge < -0.3 is 9.47 Å². The number of benzene rings is 5. The topological polar surface area (TPSA) is 18.5 Å². The maximum atomic E-state index is 7.65. The van der Waals surface area contributed by atoms with Crippen LogP contribution >= 0.6 is 0 Å². The number of hydrogen-bond acceptors (Lipinski definition) is 2. The molecule has 0 saturated heterocycles. The first kappa shape index (κ1) is 38.5. The van der Waals surface area contributed by atoms with Gasteiger partial charge in [0.25, 0.3) is 0 Å². The van der Waals surface area contributed by atoms with E-state index >= 15 is 0 Å². The number of unbranched alkanes of at least 4 members (excludes halogenated alkanes) is 1. The number of rotatable bonds is 10. The van der Waals surface area contributed by atoms with Gasteiger partial charge in [0.2, 0.25) is 0 Å². The lowest BCUT2D eigenvalue weighted by Gasteiger charge is -2.57. The standard InChI is InChI=1S/C57H62O2/c1-9-32-53(6)39(37-57(59-55(53,8)11-3)47-30-20-16-26-42(47)43-27-17-21-31-48(43)57)23-13-12-22-38-36-56(45-28-18-14-24-40(45)41-25-15-19-29-46(41)56)58-51-35-50-49(34-44(38)51)52(4,5)54(50,7)33-10-2/h14-21,24-31,34-37H,9-13,22-23,32-33H2,1-8H3. The van der Waals surface area contributed by atoms with E-state index in [0.29, 0.717) is 0 Å². The van der Waals surface area contributed by atoms with Gasteiger partial charge in [-0.2, -0.15) is 0 Å². The number of allylic oxidation sites excluding steroid dienone is 1. The van der Waals surface area contributed by atoms with Crippen LogP contribution in [0.25, 0.3) is 27.8 Å². The van der Waals surface area contributed by atoms with Gasteiger partial charge in [-0.1, -0.05) is 164 Å². The zero-order chi connectivity index (χ0) is 41.0. The summed E-state index contributed by atoms with van der Waals surface area (Å²) in [6.45, 7) is 19.3. The molecule has 2 heterocycles. The third-order valence-corrected chi connectivity index (χ3v) is 16.6. The molecule has 0 saturated carbocycles.